The van der Waals surface area contributed by atoms with Crippen molar-refractivity contribution in [3.05, 3.63) is 4.88 Å². The van der Waals surface area contributed by atoms with Crippen LogP contribution < -0.4 is 11.1 Å². The van der Waals surface area contributed by atoms with Crippen LogP contribution in [0.4, 0.5) is 10.9 Å². The number of hydrogen-bond donors (Lipinski definition) is 2. The van der Waals surface area contributed by atoms with Crippen LogP contribution in [0, 0.1) is 5.92 Å². The molecule has 1 aromatic heterocycles. The maximum Gasteiger partial charge on any atom is 0.267 e. The van der Waals surface area contributed by atoms with E-state index in [0.29, 0.717) is 22.7 Å². The molecule has 1 atom stereocenters. The van der Waals surface area contributed by atoms with Gasteiger partial charge in [-0.25, -0.2) is 4.98 Å². The Bertz CT molecular complexity index is 493. The maximum absolute atomic E-state index is 12.4. The van der Waals surface area contributed by atoms with Crippen LogP contribution in [-0.2, 0) is 0 Å². The van der Waals surface area contributed by atoms with E-state index in [9.17, 15) is 4.79 Å². The Morgan fingerprint density at radius 2 is 2.16 bits per heavy atom. The summed E-state index contributed by atoms with van der Waals surface area (Å²) >= 11 is 1.38. The summed E-state index contributed by atoms with van der Waals surface area (Å²) in [5.74, 6) is 1.01. The van der Waals surface area contributed by atoms with E-state index in [1.165, 1.54) is 37.0 Å². The molecular formula is C13H20N4OS. The molecule has 1 heterocycles. The van der Waals surface area contributed by atoms with Crippen molar-refractivity contribution in [2.75, 3.05) is 18.1 Å². The van der Waals surface area contributed by atoms with Crippen LogP contribution in [0.2, 0.25) is 0 Å². The number of thiazole rings is 1. The molecule has 0 spiro atoms. The highest BCUT2D eigenvalue weighted by Gasteiger charge is 2.34. The van der Waals surface area contributed by atoms with Crippen molar-refractivity contribution in [3.8, 4) is 0 Å². The summed E-state index contributed by atoms with van der Waals surface area (Å²) in [5, 5.41) is 4.07. The fourth-order valence-corrected chi connectivity index (χ4v) is 3.13. The smallest absolute Gasteiger partial charge is 0.267 e. The normalized spacial score (nSPS) is 20.1. The third-order valence-electron chi connectivity index (χ3n) is 3.99. The van der Waals surface area contributed by atoms with Crippen LogP contribution in [0.3, 0.4) is 0 Å². The molecule has 6 heteroatoms. The average Bonchev–Trinajstić information content (AvgIpc) is 3.26. The summed E-state index contributed by atoms with van der Waals surface area (Å²) in [7, 11) is 1.86. The largest absolute Gasteiger partial charge is 0.382 e. The first-order chi connectivity index (χ1) is 9.06. The van der Waals surface area contributed by atoms with Gasteiger partial charge < -0.3 is 16.0 Å². The third kappa shape index (κ3) is 2.68. The Labute approximate surface area is 117 Å². The van der Waals surface area contributed by atoms with Gasteiger partial charge in [0.15, 0.2) is 5.13 Å². The topological polar surface area (TPSA) is 71.2 Å². The minimum Gasteiger partial charge on any atom is -0.382 e. The minimum absolute atomic E-state index is 0.00162. The van der Waals surface area contributed by atoms with Crippen LogP contribution in [0.25, 0.3) is 0 Å². The van der Waals surface area contributed by atoms with E-state index < -0.39 is 0 Å². The first kappa shape index (κ1) is 12.7. The van der Waals surface area contributed by atoms with Gasteiger partial charge in [-0.15, -0.1) is 0 Å². The second kappa shape index (κ2) is 4.67. The van der Waals surface area contributed by atoms with Crippen molar-refractivity contribution < 1.29 is 4.79 Å². The molecule has 3 N–H and O–H groups in total. The van der Waals surface area contributed by atoms with E-state index in [1.54, 1.807) is 0 Å². The van der Waals surface area contributed by atoms with Crippen LogP contribution in [0.5, 0.6) is 0 Å². The van der Waals surface area contributed by atoms with E-state index in [1.807, 2.05) is 11.9 Å². The van der Waals surface area contributed by atoms with Gasteiger partial charge in [-0.1, -0.05) is 11.3 Å². The lowest BCUT2D eigenvalue weighted by Gasteiger charge is -2.24. The van der Waals surface area contributed by atoms with Crippen molar-refractivity contribution >= 4 is 28.2 Å². The lowest BCUT2D eigenvalue weighted by molar-refractivity contribution is 0.0733. The lowest BCUT2D eigenvalue weighted by atomic mass is 10.2. The molecule has 2 fully saturated rings. The second-order valence-corrected chi connectivity index (χ2v) is 6.65. The van der Waals surface area contributed by atoms with Gasteiger partial charge in [-0.05, 0) is 38.5 Å². The minimum atomic E-state index is -0.00162. The van der Waals surface area contributed by atoms with Crippen molar-refractivity contribution in [1.82, 2.24) is 9.88 Å². The number of nitrogens with zero attached hydrogens (tertiary/aromatic N) is 2. The van der Waals surface area contributed by atoms with Crippen molar-refractivity contribution in [2.24, 2.45) is 5.92 Å². The summed E-state index contributed by atoms with van der Waals surface area (Å²) < 4.78 is 0. The van der Waals surface area contributed by atoms with E-state index in [0.717, 1.165) is 5.13 Å². The number of aromatic nitrogens is 1. The predicted octanol–water partition coefficient (Wildman–Crippen LogP) is 2.17. The summed E-state index contributed by atoms with van der Waals surface area (Å²) in [6.45, 7) is 2.11. The fraction of sp³-hybridized carbons (Fsp3) is 0.692. The molecule has 0 aromatic carbocycles. The summed E-state index contributed by atoms with van der Waals surface area (Å²) in [4.78, 5) is 19.1. The highest BCUT2D eigenvalue weighted by Crippen LogP contribution is 2.36. The zero-order chi connectivity index (χ0) is 13.6. The Hall–Kier alpha value is -1.30. The SMILES string of the molecule is CC(C1CC1)N(C)C(=O)c1sc(NC2CC2)nc1N. The molecule has 1 aromatic rings. The van der Waals surface area contributed by atoms with Crippen LogP contribution in [-0.4, -0.2) is 34.9 Å². The molecule has 104 valence electrons. The number of amides is 1. The van der Waals surface area contributed by atoms with E-state index >= 15 is 0 Å². The Balaban J connectivity index is 1.72. The van der Waals surface area contributed by atoms with Crippen LogP contribution in [0.15, 0.2) is 0 Å². The number of carbonyl (C=O) groups is 1. The molecule has 2 aliphatic rings. The van der Waals surface area contributed by atoms with Crippen molar-refractivity contribution in [1.29, 1.82) is 0 Å². The molecule has 0 radical (unpaired) electrons. The summed E-state index contributed by atoms with van der Waals surface area (Å²) in [6, 6.07) is 0.811. The molecule has 5 nitrogen and oxygen atoms in total. The predicted molar refractivity (Wildman–Crippen MR) is 77.5 cm³/mol. The molecule has 2 aliphatic carbocycles. The van der Waals surface area contributed by atoms with Gasteiger partial charge in [0.25, 0.3) is 5.91 Å². The zero-order valence-corrected chi connectivity index (χ0v) is 12.2. The summed E-state index contributed by atoms with van der Waals surface area (Å²) in [5.41, 5.74) is 5.88. The standard InChI is InChI=1S/C13H20N4OS/c1-7(8-3-4-8)17(2)12(18)10-11(14)16-13(19-10)15-9-5-6-9/h7-9H,3-6,14H2,1-2H3,(H,15,16). The van der Waals surface area contributed by atoms with Gasteiger partial charge in [-0.2, -0.15) is 0 Å². The van der Waals surface area contributed by atoms with Crippen molar-refractivity contribution in [3.63, 3.8) is 0 Å². The molecule has 1 unspecified atom stereocenters. The number of nitrogens with one attached hydrogen (secondary N) is 1. The lowest BCUT2D eigenvalue weighted by Crippen LogP contribution is -2.36. The number of hydrogen-bond acceptors (Lipinski definition) is 5. The Morgan fingerprint density at radius 1 is 1.47 bits per heavy atom. The second-order valence-electron chi connectivity index (χ2n) is 5.65. The van der Waals surface area contributed by atoms with Gasteiger partial charge in [-0.3, -0.25) is 4.79 Å². The van der Waals surface area contributed by atoms with Gasteiger partial charge in [0, 0.05) is 19.1 Å². The molecule has 0 aliphatic heterocycles. The molecule has 3 rings (SSSR count). The van der Waals surface area contributed by atoms with Crippen LogP contribution in [0.1, 0.15) is 42.3 Å². The first-order valence-electron chi connectivity index (χ1n) is 6.86. The maximum atomic E-state index is 12.4. The Kier molecular flexibility index (Phi) is 3.12. The quantitative estimate of drug-likeness (QED) is 0.867. The van der Waals surface area contributed by atoms with Gasteiger partial charge >= 0.3 is 0 Å². The molecular weight excluding hydrogens is 260 g/mol. The first-order valence-corrected chi connectivity index (χ1v) is 7.68. The highest BCUT2D eigenvalue weighted by atomic mass is 32.1. The van der Waals surface area contributed by atoms with Crippen molar-refractivity contribution in [2.45, 2.75) is 44.7 Å². The number of nitrogen functional groups attached to an aromatic ring is 1. The molecule has 2 saturated carbocycles. The number of rotatable bonds is 5. The Morgan fingerprint density at radius 3 is 2.74 bits per heavy atom. The van der Waals surface area contributed by atoms with E-state index in [-0.39, 0.29) is 11.9 Å². The molecule has 1 amide bonds. The van der Waals surface area contributed by atoms with E-state index in [4.69, 9.17) is 5.73 Å². The third-order valence-corrected chi connectivity index (χ3v) is 4.98. The van der Waals surface area contributed by atoms with Crippen LogP contribution >= 0.6 is 11.3 Å². The van der Waals surface area contributed by atoms with Gasteiger partial charge in [0.2, 0.25) is 0 Å². The number of anilines is 2. The number of nitrogens with two attached hydrogens (primary N) is 1. The molecule has 19 heavy (non-hydrogen) atoms. The van der Waals surface area contributed by atoms with Gasteiger partial charge in [0.05, 0.1) is 0 Å². The molecule has 0 bridgehead atoms. The zero-order valence-electron chi connectivity index (χ0n) is 11.3. The molecule has 0 saturated heterocycles. The average molecular weight is 280 g/mol. The monoisotopic (exact) mass is 280 g/mol. The number of carbonyl (C=O) groups excluding carboxylic acids is 1. The van der Waals surface area contributed by atoms with Gasteiger partial charge in [0.1, 0.15) is 10.7 Å². The fourth-order valence-electron chi connectivity index (χ4n) is 2.19. The summed E-state index contributed by atoms with van der Waals surface area (Å²) in [6.07, 6.45) is 4.82. The van der Waals surface area contributed by atoms with E-state index in [2.05, 4.69) is 17.2 Å². The highest BCUT2D eigenvalue weighted by molar-refractivity contribution is 7.18.